The fourth-order valence-electron chi connectivity index (χ4n) is 2.48. The molecule has 0 saturated heterocycles. The number of hydrogen-bond donors (Lipinski definition) is 0. The van der Waals surface area contributed by atoms with Crippen LogP contribution in [0.5, 0.6) is 0 Å². The highest BCUT2D eigenvalue weighted by molar-refractivity contribution is 6.30. The molecule has 0 unspecified atom stereocenters. The summed E-state index contributed by atoms with van der Waals surface area (Å²) >= 11 is 5.99. The summed E-state index contributed by atoms with van der Waals surface area (Å²) in [7, 11) is 1.78. The number of nitrogens with zero attached hydrogens (tertiary/aromatic N) is 3. The zero-order chi connectivity index (χ0) is 18.2. The SMILES string of the molecule is CC(=O)N(CCC(=O)N(C)CCc1ccncc1)c1cccc(Cl)c1. The topological polar surface area (TPSA) is 53.5 Å². The Hall–Kier alpha value is -2.40. The molecule has 132 valence electrons. The van der Waals surface area contributed by atoms with E-state index in [9.17, 15) is 9.59 Å². The van der Waals surface area contributed by atoms with E-state index in [0.29, 0.717) is 23.8 Å². The Morgan fingerprint density at radius 2 is 1.84 bits per heavy atom. The van der Waals surface area contributed by atoms with Gasteiger partial charge in [0.1, 0.15) is 0 Å². The third kappa shape index (κ3) is 5.87. The van der Waals surface area contributed by atoms with Crippen LogP contribution in [-0.4, -0.2) is 41.8 Å². The molecular weight excluding hydrogens is 338 g/mol. The average Bonchev–Trinajstić information content (AvgIpc) is 2.60. The summed E-state index contributed by atoms with van der Waals surface area (Å²) in [5.74, 6) is -0.114. The van der Waals surface area contributed by atoms with Crippen LogP contribution in [0.15, 0.2) is 48.8 Å². The summed E-state index contributed by atoms with van der Waals surface area (Å²) in [6, 6.07) is 11.0. The number of carbonyl (C=O) groups is 2. The van der Waals surface area contributed by atoms with Gasteiger partial charge < -0.3 is 9.80 Å². The van der Waals surface area contributed by atoms with Gasteiger partial charge in [-0.15, -0.1) is 0 Å². The second kappa shape index (κ2) is 9.18. The summed E-state index contributed by atoms with van der Waals surface area (Å²) in [6.45, 7) is 2.44. The number of halogens is 1. The van der Waals surface area contributed by atoms with E-state index in [1.807, 2.05) is 18.2 Å². The summed E-state index contributed by atoms with van der Waals surface area (Å²) in [4.78, 5) is 31.5. The fraction of sp³-hybridized carbons (Fsp3) is 0.316. The maximum atomic E-state index is 12.3. The number of anilines is 1. The van der Waals surface area contributed by atoms with Gasteiger partial charge in [-0.05, 0) is 42.3 Å². The van der Waals surface area contributed by atoms with E-state index >= 15 is 0 Å². The van der Waals surface area contributed by atoms with Crippen molar-refractivity contribution in [1.82, 2.24) is 9.88 Å². The standard InChI is InChI=1S/C19H22ClN3O2/c1-15(24)23(18-5-3-4-17(20)14-18)13-9-19(25)22(2)12-8-16-6-10-21-11-7-16/h3-7,10-11,14H,8-9,12-13H2,1-2H3. The molecule has 0 fully saturated rings. The molecule has 6 heteroatoms. The first kappa shape index (κ1) is 18.9. The first-order valence-corrected chi connectivity index (χ1v) is 8.51. The summed E-state index contributed by atoms with van der Waals surface area (Å²) in [5.41, 5.74) is 1.84. The smallest absolute Gasteiger partial charge is 0.224 e. The quantitative estimate of drug-likeness (QED) is 0.763. The molecule has 1 aromatic heterocycles. The van der Waals surface area contributed by atoms with Crippen LogP contribution in [0.2, 0.25) is 5.02 Å². The third-order valence-electron chi connectivity index (χ3n) is 3.96. The average molecular weight is 360 g/mol. The lowest BCUT2D eigenvalue weighted by atomic mass is 10.2. The molecule has 1 heterocycles. The Balaban J connectivity index is 1.89. The molecule has 5 nitrogen and oxygen atoms in total. The summed E-state index contributed by atoms with van der Waals surface area (Å²) in [5, 5.41) is 0.560. The Bertz CT molecular complexity index is 722. The lowest BCUT2D eigenvalue weighted by Crippen LogP contribution is -2.35. The van der Waals surface area contributed by atoms with Gasteiger partial charge in [-0.3, -0.25) is 14.6 Å². The van der Waals surface area contributed by atoms with Crippen molar-refractivity contribution in [3.63, 3.8) is 0 Å². The highest BCUT2D eigenvalue weighted by atomic mass is 35.5. The molecule has 0 saturated carbocycles. The Morgan fingerprint density at radius 3 is 2.48 bits per heavy atom. The van der Waals surface area contributed by atoms with Crippen LogP contribution in [-0.2, 0) is 16.0 Å². The Morgan fingerprint density at radius 1 is 1.12 bits per heavy atom. The number of rotatable bonds is 7. The molecule has 2 rings (SSSR count). The zero-order valence-electron chi connectivity index (χ0n) is 14.5. The Kier molecular flexibility index (Phi) is 6.95. The van der Waals surface area contributed by atoms with Crippen molar-refractivity contribution in [2.24, 2.45) is 0 Å². The van der Waals surface area contributed by atoms with Crippen molar-refractivity contribution >= 4 is 29.1 Å². The van der Waals surface area contributed by atoms with Gasteiger partial charge >= 0.3 is 0 Å². The molecule has 0 atom stereocenters. The number of aromatic nitrogens is 1. The molecule has 0 aliphatic rings. The third-order valence-corrected chi connectivity index (χ3v) is 4.20. The lowest BCUT2D eigenvalue weighted by molar-refractivity contribution is -0.129. The largest absolute Gasteiger partial charge is 0.345 e. The highest BCUT2D eigenvalue weighted by Gasteiger charge is 2.15. The van der Waals surface area contributed by atoms with Gasteiger partial charge in [0.15, 0.2) is 0 Å². The van der Waals surface area contributed by atoms with Gasteiger partial charge in [0, 0.05) is 56.6 Å². The van der Waals surface area contributed by atoms with Crippen LogP contribution in [0.3, 0.4) is 0 Å². The van der Waals surface area contributed by atoms with E-state index in [2.05, 4.69) is 4.98 Å². The van der Waals surface area contributed by atoms with Gasteiger partial charge in [-0.25, -0.2) is 0 Å². The molecule has 2 aromatic rings. The van der Waals surface area contributed by atoms with Crippen molar-refractivity contribution in [2.75, 3.05) is 25.0 Å². The highest BCUT2D eigenvalue weighted by Crippen LogP contribution is 2.20. The van der Waals surface area contributed by atoms with Gasteiger partial charge in [0.2, 0.25) is 11.8 Å². The van der Waals surface area contributed by atoms with Crippen LogP contribution < -0.4 is 4.90 Å². The molecule has 0 aliphatic heterocycles. The van der Waals surface area contributed by atoms with Gasteiger partial charge in [0.25, 0.3) is 0 Å². The fourth-order valence-corrected chi connectivity index (χ4v) is 2.67. The number of carbonyl (C=O) groups excluding carboxylic acids is 2. The van der Waals surface area contributed by atoms with Gasteiger partial charge in [0.05, 0.1) is 0 Å². The molecule has 2 amide bonds. The number of pyridine rings is 1. The minimum atomic E-state index is -0.116. The van der Waals surface area contributed by atoms with E-state index in [1.54, 1.807) is 47.4 Å². The number of benzene rings is 1. The van der Waals surface area contributed by atoms with E-state index in [1.165, 1.54) is 6.92 Å². The maximum Gasteiger partial charge on any atom is 0.224 e. The van der Waals surface area contributed by atoms with Crippen LogP contribution in [0.1, 0.15) is 18.9 Å². The predicted molar refractivity (Wildman–Crippen MR) is 99.7 cm³/mol. The molecule has 0 aliphatic carbocycles. The van der Waals surface area contributed by atoms with Crippen LogP contribution >= 0.6 is 11.6 Å². The van der Waals surface area contributed by atoms with Crippen LogP contribution in [0, 0.1) is 0 Å². The number of hydrogen-bond acceptors (Lipinski definition) is 3. The monoisotopic (exact) mass is 359 g/mol. The van der Waals surface area contributed by atoms with E-state index in [0.717, 1.165) is 12.0 Å². The first-order valence-electron chi connectivity index (χ1n) is 8.14. The molecular formula is C19H22ClN3O2. The van der Waals surface area contributed by atoms with Crippen LogP contribution in [0.25, 0.3) is 0 Å². The predicted octanol–water partition coefficient (Wildman–Crippen LogP) is 3.18. The molecule has 1 aromatic carbocycles. The second-order valence-corrected chi connectivity index (χ2v) is 6.26. The molecule has 25 heavy (non-hydrogen) atoms. The van der Waals surface area contributed by atoms with Crippen molar-refractivity contribution < 1.29 is 9.59 Å². The second-order valence-electron chi connectivity index (χ2n) is 5.82. The summed E-state index contributed by atoms with van der Waals surface area (Å²) in [6.07, 6.45) is 4.52. The van der Waals surface area contributed by atoms with Crippen LogP contribution in [0.4, 0.5) is 5.69 Å². The summed E-state index contributed by atoms with van der Waals surface area (Å²) < 4.78 is 0. The normalized spacial score (nSPS) is 10.4. The van der Waals surface area contributed by atoms with Crippen molar-refractivity contribution in [3.05, 3.63) is 59.4 Å². The van der Waals surface area contributed by atoms with E-state index in [4.69, 9.17) is 11.6 Å². The van der Waals surface area contributed by atoms with Crippen molar-refractivity contribution in [3.8, 4) is 0 Å². The molecule has 0 spiro atoms. The Labute approximate surface area is 153 Å². The first-order chi connectivity index (χ1) is 12.0. The number of likely N-dealkylation sites (N-methyl/N-ethyl adjacent to an activating group) is 1. The maximum absolute atomic E-state index is 12.3. The van der Waals surface area contributed by atoms with E-state index < -0.39 is 0 Å². The molecule has 0 radical (unpaired) electrons. The van der Waals surface area contributed by atoms with Gasteiger partial charge in [-0.2, -0.15) is 0 Å². The minimum Gasteiger partial charge on any atom is -0.345 e. The van der Waals surface area contributed by atoms with Crippen molar-refractivity contribution in [1.29, 1.82) is 0 Å². The number of amides is 2. The molecule has 0 bridgehead atoms. The lowest BCUT2D eigenvalue weighted by Gasteiger charge is -2.23. The minimum absolute atomic E-state index is 0.00216. The van der Waals surface area contributed by atoms with E-state index in [-0.39, 0.29) is 18.2 Å². The van der Waals surface area contributed by atoms with Gasteiger partial charge in [-0.1, -0.05) is 17.7 Å². The van der Waals surface area contributed by atoms with Crippen molar-refractivity contribution in [2.45, 2.75) is 19.8 Å². The molecule has 0 N–H and O–H groups in total. The zero-order valence-corrected chi connectivity index (χ0v) is 15.2.